The summed E-state index contributed by atoms with van der Waals surface area (Å²) in [6, 6.07) is 6.29. The Morgan fingerprint density at radius 2 is 2.10 bits per heavy atom. The van der Waals surface area contributed by atoms with Crippen molar-refractivity contribution < 1.29 is 13.6 Å². The second kappa shape index (κ2) is 4.73. The first kappa shape index (κ1) is 12.3. The molecule has 3 aromatic rings. The Labute approximate surface area is 112 Å². The van der Waals surface area contributed by atoms with Gasteiger partial charge in [0.1, 0.15) is 17.3 Å². The molecular formula is C14H9F2N3O. The maximum Gasteiger partial charge on any atom is 0.257 e. The van der Waals surface area contributed by atoms with Crippen molar-refractivity contribution in [1.29, 1.82) is 0 Å². The zero-order valence-electron chi connectivity index (χ0n) is 10.2. The Balaban J connectivity index is 1.95. The lowest BCUT2D eigenvalue weighted by atomic mass is 10.2. The topological polar surface area (TPSA) is 57.8 Å². The fourth-order valence-corrected chi connectivity index (χ4v) is 1.93. The number of halogens is 2. The highest BCUT2D eigenvalue weighted by Gasteiger charge is 2.14. The molecule has 0 atom stereocenters. The molecule has 2 heterocycles. The van der Waals surface area contributed by atoms with Crippen LogP contribution in [0.15, 0.2) is 42.7 Å². The molecule has 2 aromatic heterocycles. The first-order chi connectivity index (χ1) is 9.65. The number of hydrogen-bond acceptors (Lipinski definition) is 2. The summed E-state index contributed by atoms with van der Waals surface area (Å²) in [5.41, 5.74) is 0.669. The number of nitrogens with zero attached hydrogens (tertiary/aromatic N) is 1. The van der Waals surface area contributed by atoms with Crippen LogP contribution in [0.3, 0.4) is 0 Å². The van der Waals surface area contributed by atoms with Crippen molar-refractivity contribution in [3.63, 3.8) is 0 Å². The molecule has 0 spiro atoms. The van der Waals surface area contributed by atoms with Crippen molar-refractivity contribution in [2.45, 2.75) is 0 Å². The Morgan fingerprint density at radius 1 is 1.25 bits per heavy atom. The summed E-state index contributed by atoms with van der Waals surface area (Å²) in [7, 11) is 0. The molecule has 1 aromatic carbocycles. The summed E-state index contributed by atoms with van der Waals surface area (Å²) in [5.74, 6) is -1.85. The molecule has 3 rings (SSSR count). The highest BCUT2D eigenvalue weighted by molar-refractivity contribution is 6.12. The highest BCUT2D eigenvalue weighted by atomic mass is 19.1. The zero-order chi connectivity index (χ0) is 14.1. The molecule has 0 aliphatic rings. The predicted molar refractivity (Wildman–Crippen MR) is 70.4 cm³/mol. The molecule has 0 fully saturated rings. The van der Waals surface area contributed by atoms with E-state index in [0.717, 1.165) is 18.2 Å². The van der Waals surface area contributed by atoms with E-state index in [2.05, 4.69) is 15.3 Å². The molecule has 0 unspecified atom stereocenters. The minimum atomic E-state index is -0.697. The average molecular weight is 273 g/mol. The number of carbonyl (C=O) groups is 1. The number of benzene rings is 1. The van der Waals surface area contributed by atoms with Gasteiger partial charge in [-0.25, -0.2) is 13.8 Å². The number of H-pyrrole nitrogens is 1. The molecule has 2 N–H and O–H groups in total. The van der Waals surface area contributed by atoms with Gasteiger partial charge in [-0.15, -0.1) is 0 Å². The molecule has 100 valence electrons. The van der Waals surface area contributed by atoms with E-state index >= 15 is 0 Å². The van der Waals surface area contributed by atoms with Crippen LogP contribution in [0, 0.1) is 11.6 Å². The lowest BCUT2D eigenvalue weighted by molar-refractivity contribution is 0.102. The number of nitrogens with one attached hydrogen (secondary N) is 2. The second-order valence-electron chi connectivity index (χ2n) is 4.18. The third-order valence-electron chi connectivity index (χ3n) is 2.87. The fraction of sp³-hybridized carbons (Fsp3) is 0. The number of rotatable bonds is 2. The van der Waals surface area contributed by atoms with Crippen LogP contribution in [0.5, 0.6) is 0 Å². The van der Waals surface area contributed by atoms with E-state index in [1.807, 2.05) is 0 Å². The Kier molecular flexibility index (Phi) is 2.90. The molecule has 0 radical (unpaired) electrons. The summed E-state index contributed by atoms with van der Waals surface area (Å²) in [6.07, 6.45) is 3.07. The normalized spacial score (nSPS) is 10.7. The zero-order valence-corrected chi connectivity index (χ0v) is 10.2. The van der Waals surface area contributed by atoms with Gasteiger partial charge in [0.05, 0.1) is 11.3 Å². The maximum atomic E-state index is 13.5. The number of carbonyl (C=O) groups excluding carboxylic acids is 1. The summed E-state index contributed by atoms with van der Waals surface area (Å²) < 4.78 is 26.5. The van der Waals surface area contributed by atoms with Crippen molar-refractivity contribution in [3.8, 4) is 0 Å². The van der Waals surface area contributed by atoms with E-state index < -0.39 is 17.5 Å². The first-order valence-electron chi connectivity index (χ1n) is 5.83. The van der Waals surface area contributed by atoms with Gasteiger partial charge in [0.25, 0.3) is 5.91 Å². The van der Waals surface area contributed by atoms with Gasteiger partial charge in [-0.1, -0.05) is 0 Å². The molecule has 1 amide bonds. The van der Waals surface area contributed by atoms with Gasteiger partial charge < -0.3 is 10.3 Å². The van der Waals surface area contributed by atoms with Gasteiger partial charge in [-0.2, -0.15) is 0 Å². The van der Waals surface area contributed by atoms with Crippen molar-refractivity contribution in [2.75, 3.05) is 5.32 Å². The average Bonchev–Trinajstić information content (AvgIpc) is 2.87. The van der Waals surface area contributed by atoms with Crippen LogP contribution in [-0.2, 0) is 0 Å². The van der Waals surface area contributed by atoms with Crippen LogP contribution in [0.1, 0.15) is 10.4 Å². The predicted octanol–water partition coefficient (Wildman–Crippen LogP) is 3.09. The SMILES string of the molecule is O=C(Nc1cc(F)ccc1F)c1c[nH]c2ncccc12. The van der Waals surface area contributed by atoms with Crippen molar-refractivity contribution >= 4 is 22.6 Å². The third kappa shape index (κ3) is 2.11. The Bertz CT molecular complexity index is 798. The number of pyridine rings is 1. The van der Waals surface area contributed by atoms with E-state index in [-0.39, 0.29) is 5.69 Å². The molecule has 0 saturated carbocycles. The second-order valence-corrected chi connectivity index (χ2v) is 4.18. The summed E-state index contributed by atoms with van der Waals surface area (Å²) >= 11 is 0. The number of anilines is 1. The Morgan fingerprint density at radius 3 is 2.95 bits per heavy atom. The van der Waals surface area contributed by atoms with Gasteiger partial charge in [0, 0.05) is 23.8 Å². The van der Waals surface area contributed by atoms with E-state index in [0.29, 0.717) is 16.6 Å². The summed E-state index contributed by atoms with van der Waals surface area (Å²) in [5, 5.41) is 2.96. The minimum Gasteiger partial charge on any atom is -0.345 e. The van der Waals surface area contributed by atoms with Crippen LogP contribution in [-0.4, -0.2) is 15.9 Å². The largest absolute Gasteiger partial charge is 0.345 e. The monoisotopic (exact) mass is 273 g/mol. The highest BCUT2D eigenvalue weighted by Crippen LogP contribution is 2.20. The van der Waals surface area contributed by atoms with E-state index in [1.54, 1.807) is 18.3 Å². The number of aromatic nitrogens is 2. The molecule has 6 heteroatoms. The van der Waals surface area contributed by atoms with Crippen molar-refractivity contribution in [2.24, 2.45) is 0 Å². The van der Waals surface area contributed by atoms with Crippen LogP contribution in [0.25, 0.3) is 11.0 Å². The number of fused-ring (bicyclic) bond motifs is 1. The summed E-state index contributed by atoms with van der Waals surface area (Å²) in [6.45, 7) is 0. The smallest absolute Gasteiger partial charge is 0.257 e. The quantitative estimate of drug-likeness (QED) is 0.753. The molecule has 0 aliphatic heterocycles. The molecular weight excluding hydrogens is 264 g/mol. The van der Waals surface area contributed by atoms with E-state index in [4.69, 9.17) is 0 Å². The van der Waals surface area contributed by atoms with Crippen LogP contribution < -0.4 is 5.32 Å². The standard InChI is InChI=1S/C14H9F2N3O/c15-8-3-4-11(16)12(6-8)19-14(20)10-7-18-13-9(10)2-1-5-17-13/h1-7H,(H,17,18)(H,19,20). The van der Waals surface area contributed by atoms with Crippen LogP contribution in [0.2, 0.25) is 0 Å². The minimum absolute atomic E-state index is 0.201. The molecule has 20 heavy (non-hydrogen) atoms. The number of aromatic amines is 1. The van der Waals surface area contributed by atoms with Gasteiger partial charge in [-0.05, 0) is 24.3 Å². The van der Waals surface area contributed by atoms with Crippen LogP contribution >= 0.6 is 0 Å². The summed E-state index contributed by atoms with van der Waals surface area (Å²) in [4.78, 5) is 19.0. The van der Waals surface area contributed by atoms with Gasteiger partial charge >= 0.3 is 0 Å². The van der Waals surface area contributed by atoms with Gasteiger partial charge in [-0.3, -0.25) is 4.79 Å². The molecule has 0 saturated heterocycles. The van der Waals surface area contributed by atoms with Crippen LogP contribution in [0.4, 0.5) is 14.5 Å². The molecule has 0 aliphatic carbocycles. The fourth-order valence-electron chi connectivity index (χ4n) is 1.93. The number of amides is 1. The molecule has 0 bridgehead atoms. The van der Waals surface area contributed by atoms with Gasteiger partial charge in [0.15, 0.2) is 0 Å². The van der Waals surface area contributed by atoms with Crippen molar-refractivity contribution in [3.05, 3.63) is 59.9 Å². The number of hydrogen-bond donors (Lipinski definition) is 2. The lowest BCUT2D eigenvalue weighted by Gasteiger charge is -2.05. The third-order valence-corrected chi connectivity index (χ3v) is 2.87. The molecule has 4 nitrogen and oxygen atoms in total. The van der Waals surface area contributed by atoms with Crippen molar-refractivity contribution in [1.82, 2.24) is 9.97 Å². The van der Waals surface area contributed by atoms with E-state index in [9.17, 15) is 13.6 Å². The first-order valence-corrected chi connectivity index (χ1v) is 5.83. The Hall–Kier alpha value is -2.76. The van der Waals surface area contributed by atoms with E-state index in [1.165, 1.54) is 6.20 Å². The van der Waals surface area contributed by atoms with Gasteiger partial charge in [0.2, 0.25) is 0 Å². The maximum absolute atomic E-state index is 13.5. The lowest BCUT2D eigenvalue weighted by Crippen LogP contribution is -2.12.